The monoisotopic (exact) mass is 258 g/mol. The van der Waals surface area contributed by atoms with E-state index in [1.807, 2.05) is 32.0 Å². The number of carbonyl (C=O) groups is 1. The predicted octanol–water partition coefficient (Wildman–Crippen LogP) is 2.83. The van der Waals surface area contributed by atoms with Crippen molar-refractivity contribution in [2.75, 3.05) is 12.3 Å². The molecule has 2 N–H and O–H groups in total. The number of benzene rings is 1. The van der Waals surface area contributed by atoms with Gasteiger partial charge in [-0.05, 0) is 43.7 Å². The lowest BCUT2D eigenvalue weighted by Crippen LogP contribution is -2.30. The number of nitrogens with two attached hydrogens (primary N) is 1. The maximum Gasteiger partial charge on any atom is 0.254 e. The summed E-state index contributed by atoms with van der Waals surface area (Å²) in [6.07, 6.45) is 1.61. The zero-order valence-corrected chi connectivity index (χ0v) is 11.2. The Morgan fingerprint density at radius 3 is 2.79 bits per heavy atom. The van der Waals surface area contributed by atoms with Gasteiger partial charge in [0.25, 0.3) is 5.91 Å². The van der Waals surface area contributed by atoms with Crippen molar-refractivity contribution in [3.05, 3.63) is 53.5 Å². The zero-order chi connectivity index (χ0) is 13.8. The maximum absolute atomic E-state index is 12.5. The van der Waals surface area contributed by atoms with E-state index in [0.29, 0.717) is 24.3 Å². The summed E-state index contributed by atoms with van der Waals surface area (Å²) < 4.78 is 5.29. The van der Waals surface area contributed by atoms with Crippen LogP contribution in [-0.4, -0.2) is 17.4 Å². The maximum atomic E-state index is 12.5. The molecule has 0 fully saturated rings. The highest BCUT2D eigenvalue weighted by molar-refractivity contribution is 5.96. The van der Waals surface area contributed by atoms with Crippen molar-refractivity contribution in [3.8, 4) is 0 Å². The van der Waals surface area contributed by atoms with Crippen LogP contribution in [0, 0.1) is 6.92 Å². The van der Waals surface area contributed by atoms with Gasteiger partial charge in [0.2, 0.25) is 0 Å². The number of aryl methyl sites for hydroxylation is 1. The number of hydrogen-bond acceptors (Lipinski definition) is 3. The molecule has 0 saturated carbocycles. The average Bonchev–Trinajstić information content (AvgIpc) is 2.91. The van der Waals surface area contributed by atoms with Crippen molar-refractivity contribution in [1.29, 1.82) is 0 Å². The molecule has 4 heteroatoms. The van der Waals surface area contributed by atoms with Gasteiger partial charge in [-0.2, -0.15) is 0 Å². The quantitative estimate of drug-likeness (QED) is 0.858. The smallest absolute Gasteiger partial charge is 0.254 e. The van der Waals surface area contributed by atoms with E-state index in [1.165, 1.54) is 0 Å². The molecule has 100 valence electrons. The highest BCUT2D eigenvalue weighted by Crippen LogP contribution is 2.16. The van der Waals surface area contributed by atoms with E-state index in [0.717, 1.165) is 11.3 Å². The van der Waals surface area contributed by atoms with Crippen LogP contribution in [0.3, 0.4) is 0 Å². The molecule has 0 spiro atoms. The molecule has 1 aromatic heterocycles. The molecule has 19 heavy (non-hydrogen) atoms. The van der Waals surface area contributed by atoms with Gasteiger partial charge in [-0.15, -0.1) is 0 Å². The standard InChI is InChI=1S/C15H18N2O2/c1-3-17(10-13-5-4-8-19-13)15(18)14-9-12(16)7-6-11(14)2/h4-9H,3,10,16H2,1-2H3. The molecule has 0 radical (unpaired) electrons. The summed E-state index contributed by atoms with van der Waals surface area (Å²) >= 11 is 0. The van der Waals surface area contributed by atoms with Gasteiger partial charge < -0.3 is 15.1 Å². The van der Waals surface area contributed by atoms with Gasteiger partial charge in [-0.1, -0.05) is 6.07 Å². The van der Waals surface area contributed by atoms with E-state index in [2.05, 4.69) is 0 Å². The lowest BCUT2D eigenvalue weighted by molar-refractivity contribution is 0.0740. The molecule has 4 nitrogen and oxygen atoms in total. The molecule has 0 aliphatic rings. The van der Waals surface area contributed by atoms with Gasteiger partial charge in [0, 0.05) is 17.8 Å². The molecule has 1 heterocycles. The summed E-state index contributed by atoms with van der Waals surface area (Å²) in [6.45, 7) is 4.94. The third kappa shape index (κ3) is 2.96. The molecule has 1 aromatic carbocycles. The van der Waals surface area contributed by atoms with Gasteiger partial charge in [0.1, 0.15) is 5.76 Å². The van der Waals surface area contributed by atoms with Crippen LogP contribution in [0.15, 0.2) is 41.0 Å². The fraction of sp³-hybridized carbons (Fsp3) is 0.267. The predicted molar refractivity (Wildman–Crippen MR) is 74.7 cm³/mol. The molecule has 0 bridgehead atoms. The fourth-order valence-electron chi connectivity index (χ4n) is 1.96. The summed E-state index contributed by atoms with van der Waals surface area (Å²) in [4.78, 5) is 14.2. The molecule has 0 aliphatic heterocycles. The molecular formula is C15H18N2O2. The lowest BCUT2D eigenvalue weighted by Gasteiger charge is -2.21. The minimum Gasteiger partial charge on any atom is -0.467 e. The molecule has 2 rings (SSSR count). The van der Waals surface area contributed by atoms with E-state index < -0.39 is 0 Å². The SMILES string of the molecule is CCN(Cc1ccco1)C(=O)c1cc(N)ccc1C. The van der Waals surface area contributed by atoms with Crippen molar-refractivity contribution >= 4 is 11.6 Å². The van der Waals surface area contributed by atoms with Crippen LogP contribution in [0.2, 0.25) is 0 Å². The van der Waals surface area contributed by atoms with Gasteiger partial charge in [0.05, 0.1) is 12.8 Å². The molecule has 0 aliphatic carbocycles. The van der Waals surface area contributed by atoms with E-state index in [1.54, 1.807) is 23.3 Å². The van der Waals surface area contributed by atoms with E-state index >= 15 is 0 Å². The summed E-state index contributed by atoms with van der Waals surface area (Å²) in [5.41, 5.74) is 7.93. The van der Waals surface area contributed by atoms with Crippen LogP contribution < -0.4 is 5.73 Å². The Balaban J connectivity index is 2.23. The second-order valence-electron chi connectivity index (χ2n) is 4.47. The van der Waals surface area contributed by atoms with Gasteiger partial charge >= 0.3 is 0 Å². The number of furan rings is 1. The second kappa shape index (κ2) is 5.61. The molecule has 0 saturated heterocycles. The molecule has 0 unspecified atom stereocenters. The first-order valence-electron chi connectivity index (χ1n) is 6.29. The summed E-state index contributed by atoms with van der Waals surface area (Å²) in [7, 11) is 0. The topological polar surface area (TPSA) is 59.5 Å². The Morgan fingerprint density at radius 1 is 1.37 bits per heavy atom. The minimum absolute atomic E-state index is 0.0244. The third-order valence-electron chi connectivity index (χ3n) is 3.09. The molecular weight excluding hydrogens is 240 g/mol. The minimum atomic E-state index is -0.0244. The van der Waals surface area contributed by atoms with Crippen molar-refractivity contribution < 1.29 is 9.21 Å². The summed E-state index contributed by atoms with van der Waals surface area (Å²) in [5, 5.41) is 0. The third-order valence-corrected chi connectivity index (χ3v) is 3.09. The van der Waals surface area contributed by atoms with E-state index in [9.17, 15) is 4.79 Å². The Labute approximate surface area is 112 Å². The number of amides is 1. The average molecular weight is 258 g/mol. The van der Waals surface area contributed by atoms with Crippen LogP contribution in [0.5, 0.6) is 0 Å². The molecule has 2 aromatic rings. The fourth-order valence-corrected chi connectivity index (χ4v) is 1.96. The van der Waals surface area contributed by atoms with Gasteiger partial charge in [0.15, 0.2) is 0 Å². The highest BCUT2D eigenvalue weighted by atomic mass is 16.3. The first-order chi connectivity index (χ1) is 9.11. The molecule has 1 amide bonds. The van der Waals surface area contributed by atoms with Crippen LogP contribution in [0.1, 0.15) is 28.6 Å². The Morgan fingerprint density at radius 2 is 2.16 bits per heavy atom. The zero-order valence-electron chi connectivity index (χ0n) is 11.2. The van der Waals surface area contributed by atoms with Crippen molar-refractivity contribution in [2.45, 2.75) is 20.4 Å². The van der Waals surface area contributed by atoms with E-state index in [4.69, 9.17) is 10.2 Å². The van der Waals surface area contributed by atoms with E-state index in [-0.39, 0.29) is 5.91 Å². The highest BCUT2D eigenvalue weighted by Gasteiger charge is 2.17. The van der Waals surface area contributed by atoms with Crippen LogP contribution in [0.4, 0.5) is 5.69 Å². The molecule has 0 atom stereocenters. The number of anilines is 1. The Kier molecular flexibility index (Phi) is 3.90. The van der Waals surface area contributed by atoms with Gasteiger partial charge in [-0.25, -0.2) is 0 Å². The van der Waals surface area contributed by atoms with Crippen molar-refractivity contribution in [3.63, 3.8) is 0 Å². The van der Waals surface area contributed by atoms with Crippen LogP contribution >= 0.6 is 0 Å². The first-order valence-corrected chi connectivity index (χ1v) is 6.29. The second-order valence-corrected chi connectivity index (χ2v) is 4.47. The van der Waals surface area contributed by atoms with Crippen molar-refractivity contribution in [1.82, 2.24) is 4.90 Å². The largest absolute Gasteiger partial charge is 0.467 e. The van der Waals surface area contributed by atoms with Gasteiger partial charge in [-0.3, -0.25) is 4.79 Å². The summed E-state index contributed by atoms with van der Waals surface area (Å²) in [5.74, 6) is 0.750. The number of carbonyl (C=O) groups excluding carboxylic acids is 1. The number of nitrogens with zero attached hydrogens (tertiary/aromatic N) is 1. The first kappa shape index (κ1) is 13.2. The number of nitrogen functional groups attached to an aromatic ring is 1. The normalized spacial score (nSPS) is 10.4. The summed E-state index contributed by atoms with van der Waals surface area (Å²) in [6, 6.07) is 9.07. The Hall–Kier alpha value is -2.23. The lowest BCUT2D eigenvalue weighted by atomic mass is 10.1. The number of hydrogen-bond donors (Lipinski definition) is 1. The van der Waals surface area contributed by atoms with Crippen molar-refractivity contribution in [2.24, 2.45) is 0 Å². The number of rotatable bonds is 4. The Bertz CT molecular complexity index is 562. The van der Waals surface area contributed by atoms with Crippen LogP contribution in [-0.2, 0) is 6.54 Å². The van der Waals surface area contributed by atoms with Crippen LogP contribution in [0.25, 0.3) is 0 Å².